The largest absolute Gasteiger partial charge is 0.463 e. The minimum atomic E-state index is -0.509. The molecule has 0 spiro atoms. The van der Waals surface area contributed by atoms with E-state index in [0.717, 1.165) is 35.7 Å². The second-order valence-electron chi connectivity index (χ2n) is 5.38. The van der Waals surface area contributed by atoms with E-state index in [-0.39, 0.29) is 33.9 Å². The summed E-state index contributed by atoms with van der Waals surface area (Å²) in [4.78, 5) is 45.7. The van der Waals surface area contributed by atoms with Gasteiger partial charge in [0, 0.05) is 34.2 Å². The minimum Gasteiger partial charge on any atom is -0.463 e. The predicted molar refractivity (Wildman–Crippen MR) is 122 cm³/mol. The molecule has 6 nitrogen and oxygen atoms in total. The third-order valence-corrected chi connectivity index (χ3v) is 7.18. The van der Waals surface area contributed by atoms with Crippen LogP contribution in [0.3, 0.4) is 0 Å². The van der Waals surface area contributed by atoms with Gasteiger partial charge in [-0.2, -0.15) is 11.8 Å². The van der Waals surface area contributed by atoms with E-state index in [1.807, 2.05) is 0 Å². The zero-order valence-electron chi connectivity index (χ0n) is 16.2. The molecule has 0 aromatic carbocycles. The summed E-state index contributed by atoms with van der Waals surface area (Å²) in [5.41, 5.74) is 0. The lowest BCUT2D eigenvalue weighted by Crippen LogP contribution is -2.18. The first kappa shape index (κ1) is 27.3. The Balaban J connectivity index is 4.64. The van der Waals surface area contributed by atoms with Crippen molar-refractivity contribution in [1.82, 2.24) is 0 Å². The van der Waals surface area contributed by atoms with E-state index in [4.69, 9.17) is 9.47 Å². The molecule has 0 heterocycles. The highest BCUT2D eigenvalue weighted by Crippen LogP contribution is 2.26. The molecule has 2 atom stereocenters. The Morgan fingerprint density at radius 1 is 0.690 bits per heavy atom. The summed E-state index contributed by atoms with van der Waals surface area (Å²) in [7, 11) is 0. The Labute approximate surface area is 184 Å². The number of hydrogen-bond donors (Lipinski definition) is 0. The van der Waals surface area contributed by atoms with Crippen LogP contribution in [0.4, 0.5) is 0 Å². The maximum Gasteiger partial charge on any atom is 0.330 e. The number of carbonyl (C=O) groups is 4. The van der Waals surface area contributed by atoms with Gasteiger partial charge < -0.3 is 9.47 Å². The molecule has 0 aliphatic rings. The van der Waals surface area contributed by atoms with Crippen molar-refractivity contribution in [3.63, 3.8) is 0 Å². The van der Waals surface area contributed by atoms with Gasteiger partial charge in [-0.05, 0) is 25.0 Å². The number of hydrogen-bond acceptors (Lipinski definition) is 9. The molecule has 0 N–H and O–H groups in total. The third-order valence-electron chi connectivity index (χ3n) is 3.21. The molecule has 0 saturated carbocycles. The fraction of sp³-hybridized carbons (Fsp3) is 0.400. The summed E-state index contributed by atoms with van der Waals surface area (Å²) in [5, 5.41) is -0.477. The van der Waals surface area contributed by atoms with Gasteiger partial charge in [0.15, 0.2) is 0 Å². The molecule has 0 rings (SSSR count). The Morgan fingerprint density at radius 3 is 1.38 bits per heavy atom. The van der Waals surface area contributed by atoms with Crippen LogP contribution >= 0.6 is 35.3 Å². The topological polar surface area (TPSA) is 86.7 Å². The van der Waals surface area contributed by atoms with Gasteiger partial charge in [-0.15, -0.1) is 0 Å². The Hall–Kier alpha value is -1.71. The first-order valence-corrected chi connectivity index (χ1v) is 11.6. The zero-order valence-corrected chi connectivity index (χ0v) is 18.7. The second kappa shape index (κ2) is 17.2. The van der Waals surface area contributed by atoms with Crippen molar-refractivity contribution in [1.29, 1.82) is 0 Å². The van der Waals surface area contributed by atoms with Crippen LogP contribution in [-0.4, -0.2) is 57.4 Å². The summed E-state index contributed by atoms with van der Waals surface area (Å²) in [6.07, 6.45) is 5.65. The molecule has 9 heteroatoms. The maximum atomic E-state index is 11.7. The van der Waals surface area contributed by atoms with Gasteiger partial charge in [0.25, 0.3) is 0 Å². The van der Waals surface area contributed by atoms with Gasteiger partial charge in [0.05, 0.1) is 13.2 Å². The molecule has 0 amide bonds. The first-order chi connectivity index (χ1) is 13.9. The van der Waals surface area contributed by atoms with Crippen LogP contribution < -0.4 is 0 Å². The summed E-state index contributed by atoms with van der Waals surface area (Å²) in [5.74, 6) is 0.207. The highest BCUT2D eigenvalue weighted by atomic mass is 32.2. The lowest BCUT2D eigenvalue weighted by molar-refractivity contribution is -0.138. The summed E-state index contributed by atoms with van der Waals surface area (Å²) >= 11 is 3.83. The minimum absolute atomic E-state index is 0.0811. The van der Waals surface area contributed by atoms with Crippen LogP contribution in [0.2, 0.25) is 0 Å². The smallest absolute Gasteiger partial charge is 0.330 e. The highest BCUT2D eigenvalue weighted by molar-refractivity contribution is 8.16. The fourth-order valence-corrected chi connectivity index (χ4v) is 5.20. The first-order valence-electron chi connectivity index (χ1n) is 8.68. The summed E-state index contributed by atoms with van der Waals surface area (Å²) in [6, 6.07) is 0. The molecule has 0 aliphatic heterocycles. The van der Waals surface area contributed by atoms with Crippen molar-refractivity contribution < 1.29 is 28.7 Å². The molecule has 0 fully saturated rings. The molecule has 0 radical (unpaired) electrons. The molecule has 0 aliphatic carbocycles. The quantitative estimate of drug-likeness (QED) is 0.254. The van der Waals surface area contributed by atoms with Gasteiger partial charge >= 0.3 is 11.9 Å². The zero-order chi connectivity index (χ0) is 22.1. The number of esters is 2. The van der Waals surface area contributed by atoms with Crippen LogP contribution in [0.1, 0.15) is 12.8 Å². The molecule has 0 saturated heterocycles. The van der Waals surface area contributed by atoms with Crippen molar-refractivity contribution in [3.05, 3.63) is 50.6 Å². The van der Waals surface area contributed by atoms with E-state index in [1.165, 1.54) is 12.2 Å². The lowest BCUT2D eigenvalue weighted by atomic mass is 10.3. The van der Waals surface area contributed by atoms with Crippen LogP contribution in [0.5, 0.6) is 0 Å². The maximum absolute atomic E-state index is 11.7. The average Bonchev–Trinajstić information content (AvgIpc) is 2.72. The van der Waals surface area contributed by atoms with Gasteiger partial charge in [0.1, 0.15) is 0 Å². The fourth-order valence-electron chi connectivity index (χ4n) is 1.81. The molecule has 29 heavy (non-hydrogen) atoms. The number of ether oxygens (including phenoxy) is 2. The normalized spacial score (nSPS) is 12.1. The Bertz CT molecular complexity index is 565. The van der Waals surface area contributed by atoms with E-state index in [0.29, 0.717) is 24.3 Å². The summed E-state index contributed by atoms with van der Waals surface area (Å²) in [6.45, 7) is 14.0. The number of carbonyl (C=O) groups excluding carboxylic acids is 4. The van der Waals surface area contributed by atoms with Crippen molar-refractivity contribution in [3.8, 4) is 0 Å². The summed E-state index contributed by atoms with van der Waals surface area (Å²) < 4.78 is 9.97. The van der Waals surface area contributed by atoms with Gasteiger partial charge in [0.2, 0.25) is 10.2 Å². The molecule has 0 aromatic heterocycles. The molecular weight excluding hydrogens is 432 g/mol. The van der Waals surface area contributed by atoms with Crippen LogP contribution in [-0.2, 0) is 28.7 Å². The third kappa shape index (κ3) is 14.9. The van der Waals surface area contributed by atoms with Crippen molar-refractivity contribution >= 4 is 57.5 Å². The lowest BCUT2D eigenvalue weighted by Gasteiger charge is -2.18. The molecule has 160 valence electrons. The SMILES string of the molecule is C=CC(=O)OCCC(CSCC(CCOC(=O)C=C)SC(=O)C=C)SC(=O)C=C. The predicted octanol–water partition coefficient (Wildman–Crippen LogP) is 3.59. The standard InChI is InChI=1S/C20H26O6S3/c1-5-17(21)25-11-9-15(28-19(23)7-3)13-27-14-16(29-20(24)8-4)10-12-26-18(22)6-2/h5-8,15-16H,1-4,9-14H2. The Kier molecular flexibility index (Phi) is 16.2. The number of rotatable bonds is 16. The van der Waals surface area contributed by atoms with Crippen molar-refractivity contribution in [2.75, 3.05) is 24.7 Å². The average molecular weight is 459 g/mol. The van der Waals surface area contributed by atoms with E-state index >= 15 is 0 Å². The van der Waals surface area contributed by atoms with Crippen molar-refractivity contribution in [2.45, 2.75) is 23.3 Å². The van der Waals surface area contributed by atoms with Gasteiger partial charge in [-0.1, -0.05) is 49.8 Å². The molecule has 0 bridgehead atoms. The van der Waals surface area contributed by atoms with E-state index < -0.39 is 11.9 Å². The van der Waals surface area contributed by atoms with Crippen LogP contribution in [0.15, 0.2) is 50.6 Å². The molecule has 0 aromatic rings. The van der Waals surface area contributed by atoms with E-state index in [1.54, 1.807) is 11.8 Å². The molecular formula is C20H26O6S3. The second-order valence-corrected chi connectivity index (χ2v) is 9.07. The number of thioether (sulfide) groups is 3. The monoisotopic (exact) mass is 458 g/mol. The van der Waals surface area contributed by atoms with Gasteiger partial charge in [-0.3, -0.25) is 9.59 Å². The molecule has 2 unspecified atom stereocenters. The highest BCUT2D eigenvalue weighted by Gasteiger charge is 2.18. The van der Waals surface area contributed by atoms with Crippen LogP contribution in [0, 0.1) is 0 Å². The Morgan fingerprint density at radius 2 is 1.07 bits per heavy atom. The van der Waals surface area contributed by atoms with Gasteiger partial charge in [-0.25, -0.2) is 9.59 Å². The van der Waals surface area contributed by atoms with E-state index in [9.17, 15) is 19.2 Å². The van der Waals surface area contributed by atoms with Crippen molar-refractivity contribution in [2.24, 2.45) is 0 Å². The van der Waals surface area contributed by atoms with E-state index in [2.05, 4.69) is 26.3 Å². The van der Waals surface area contributed by atoms with Crippen LogP contribution in [0.25, 0.3) is 0 Å².